The number of hydrogen-bond donors (Lipinski definition) is 1. The molecule has 20 heavy (non-hydrogen) atoms. The molecule has 1 aliphatic heterocycles. The second kappa shape index (κ2) is 5.99. The molecule has 1 saturated heterocycles. The lowest BCUT2D eigenvalue weighted by molar-refractivity contribution is -0.179. The highest BCUT2D eigenvalue weighted by Crippen LogP contribution is 2.35. The molecule has 0 radical (unpaired) electrons. The van der Waals surface area contributed by atoms with Gasteiger partial charge in [0.1, 0.15) is 5.82 Å². The summed E-state index contributed by atoms with van der Waals surface area (Å²) < 4.78 is 37.9. The highest BCUT2D eigenvalue weighted by atomic mass is 19.4. The molecule has 1 N–H and O–H groups in total. The fourth-order valence-corrected chi connectivity index (χ4v) is 2.48. The molecular formula is C14H20F3N3. The topological polar surface area (TPSA) is 28.2 Å². The van der Waals surface area contributed by atoms with Gasteiger partial charge in [-0.15, -0.1) is 0 Å². The summed E-state index contributed by atoms with van der Waals surface area (Å²) in [6.45, 7) is 2.86. The molecule has 0 aliphatic carbocycles. The van der Waals surface area contributed by atoms with Crippen molar-refractivity contribution in [2.45, 2.75) is 32.0 Å². The zero-order chi connectivity index (χ0) is 14.8. The number of pyridine rings is 1. The fraction of sp³-hybridized carbons (Fsp3) is 0.643. The minimum Gasteiger partial charge on any atom is -0.357 e. The highest BCUT2D eigenvalue weighted by molar-refractivity contribution is 5.42. The summed E-state index contributed by atoms with van der Waals surface area (Å²) >= 11 is 0. The van der Waals surface area contributed by atoms with Crippen LogP contribution in [0.15, 0.2) is 18.3 Å². The van der Waals surface area contributed by atoms with E-state index in [9.17, 15) is 13.2 Å². The molecule has 1 aliphatic rings. The third kappa shape index (κ3) is 3.42. The lowest BCUT2D eigenvalue weighted by Gasteiger charge is -2.33. The van der Waals surface area contributed by atoms with Crippen molar-refractivity contribution in [3.8, 4) is 0 Å². The van der Waals surface area contributed by atoms with Crippen LogP contribution in [0.4, 0.5) is 19.0 Å². The summed E-state index contributed by atoms with van der Waals surface area (Å²) in [4.78, 5) is 6.22. The van der Waals surface area contributed by atoms with Crippen LogP contribution < -0.4 is 10.2 Å². The number of anilines is 1. The Morgan fingerprint density at radius 1 is 1.35 bits per heavy atom. The van der Waals surface area contributed by atoms with E-state index in [1.807, 2.05) is 31.0 Å². The van der Waals surface area contributed by atoms with Gasteiger partial charge in [0.2, 0.25) is 0 Å². The summed E-state index contributed by atoms with van der Waals surface area (Å²) in [6.07, 6.45) is -2.05. The largest absolute Gasteiger partial charge is 0.391 e. The number of alkyl halides is 3. The van der Waals surface area contributed by atoms with Crippen molar-refractivity contribution in [1.82, 2.24) is 10.3 Å². The van der Waals surface area contributed by atoms with Crippen molar-refractivity contribution in [2.75, 3.05) is 25.0 Å². The van der Waals surface area contributed by atoms with E-state index in [1.165, 1.54) is 0 Å². The van der Waals surface area contributed by atoms with Gasteiger partial charge in [0, 0.05) is 25.3 Å². The van der Waals surface area contributed by atoms with Crippen LogP contribution in [0.25, 0.3) is 0 Å². The van der Waals surface area contributed by atoms with Crippen LogP contribution >= 0.6 is 0 Å². The Balaban J connectivity index is 2.04. The van der Waals surface area contributed by atoms with E-state index in [4.69, 9.17) is 0 Å². The van der Waals surface area contributed by atoms with E-state index in [0.29, 0.717) is 13.1 Å². The minimum absolute atomic E-state index is 0.150. The van der Waals surface area contributed by atoms with Gasteiger partial charge >= 0.3 is 6.18 Å². The second-order valence-electron chi connectivity index (χ2n) is 5.26. The van der Waals surface area contributed by atoms with Crippen molar-refractivity contribution in [2.24, 2.45) is 5.92 Å². The third-order valence-corrected chi connectivity index (χ3v) is 3.98. The Morgan fingerprint density at radius 3 is 2.55 bits per heavy atom. The Hall–Kier alpha value is -1.30. The van der Waals surface area contributed by atoms with Crippen LogP contribution in [0.5, 0.6) is 0 Å². The van der Waals surface area contributed by atoms with Gasteiger partial charge in [-0.3, -0.25) is 0 Å². The van der Waals surface area contributed by atoms with E-state index in [2.05, 4.69) is 10.3 Å². The van der Waals surface area contributed by atoms with Gasteiger partial charge in [-0.05, 0) is 44.5 Å². The lowest BCUT2D eigenvalue weighted by Crippen LogP contribution is -2.39. The maximum absolute atomic E-state index is 12.6. The monoisotopic (exact) mass is 287 g/mol. The van der Waals surface area contributed by atoms with Gasteiger partial charge in [0.25, 0.3) is 0 Å². The number of hydrogen-bond acceptors (Lipinski definition) is 3. The van der Waals surface area contributed by atoms with Crippen molar-refractivity contribution < 1.29 is 13.2 Å². The summed E-state index contributed by atoms with van der Waals surface area (Å²) in [7, 11) is 1.87. The van der Waals surface area contributed by atoms with Crippen molar-refractivity contribution >= 4 is 5.82 Å². The zero-order valence-corrected chi connectivity index (χ0v) is 11.7. The molecule has 0 bridgehead atoms. The molecule has 3 nitrogen and oxygen atoms in total. The van der Waals surface area contributed by atoms with E-state index in [1.54, 1.807) is 6.20 Å². The first-order valence-electron chi connectivity index (χ1n) is 6.86. The quantitative estimate of drug-likeness (QED) is 0.925. The summed E-state index contributed by atoms with van der Waals surface area (Å²) in [5, 5.41) is 3.14. The van der Waals surface area contributed by atoms with E-state index < -0.39 is 12.1 Å². The van der Waals surface area contributed by atoms with Gasteiger partial charge in [0.05, 0.1) is 5.92 Å². The Labute approximate surface area is 117 Å². The maximum Gasteiger partial charge on any atom is 0.391 e. The number of nitrogens with zero attached hydrogens (tertiary/aromatic N) is 2. The van der Waals surface area contributed by atoms with E-state index in [-0.39, 0.29) is 18.9 Å². The van der Waals surface area contributed by atoms with Crippen LogP contribution in [-0.4, -0.2) is 31.3 Å². The molecule has 6 heteroatoms. The number of rotatable bonds is 3. The molecule has 0 spiro atoms. The van der Waals surface area contributed by atoms with Crippen LogP contribution in [-0.2, 0) is 0 Å². The van der Waals surface area contributed by atoms with Gasteiger partial charge in [-0.25, -0.2) is 4.98 Å². The Morgan fingerprint density at radius 2 is 2.00 bits per heavy atom. The van der Waals surface area contributed by atoms with Crippen LogP contribution in [0.1, 0.15) is 31.4 Å². The number of aromatic nitrogens is 1. The second-order valence-corrected chi connectivity index (χ2v) is 5.26. The van der Waals surface area contributed by atoms with E-state index >= 15 is 0 Å². The zero-order valence-electron chi connectivity index (χ0n) is 11.7. The molecule has 0 saturated carbocycles. The standard InChI is InChI=1S/C14H20F3N3/c1-10(18-2)11-3-6-19-13(9-11)20-7-4-12(5-8-20)14(15,16)17/h3,6,9-10,12,18H,4-5,7-8H2,1-2H3. The molecular weight excluding hydrogens is 267 g/mol. The predicted octanol–water partition coefficient (Wildman–Crippen LogP) is 3.14. The van der Waals surface area contributed by atoms with Gasteiger partial charge < -0.3 is 10.2 Å². The minimum atomic E-state index is -4.07. The third-order valence-electron chi connectivity index (χ3n) is 3.98. The summed E-state index contributed by atoms with van der Waals surface area (Å²) in [5.41, 5.74) is 1.09. The molecule has 1 unspecified atom stereocenters. The first-order chi connectivity index (χ1) is 9.41. The van der Waals surface area contributed by atoms with Crippen molar-refractivity contribution in [1.29, 1.82) is 0 Å². The predicted molar refractivity (Wildman–Crippen MR) is 72.7 cm³/mol. The van der Waals surface area contributed by atoms with Crippen LogP contribution in [0, 0.1) is 5.92 Å². The first-order valence-corrected chi connectivity index (χ1v) is 6.86. The first kappa shape index (κ1) is 15.1. The van der Waals surface area contributed by atoms with E-state index in [0.717, 1.165) is 11.4 Å². The normalized spacial score (nSPS) is 19.1. The van der Waals surface area contributed by atoms with Gasteiger partial charge in [-0.2, -0.15) is 13.2 Å². The number of piperidine rings is 1. The van der Waals surface area contributed by atoms with Crippen LogP contribution in [0.2, 0.25) is 0 Å². The highest BCUT2D eigenvalue weighted by Gasteiger charge is 2.41. The average Bonchev–Trinajstić information content (AvgIpc) is 2.46. The molecule has 0 amide bonds. The molecule has 1 atom stereocenters. The molecule has 1 aromatic rings. The SMILES string of the molecule is CNC(C)c1ccnc(N2CCC(C(F)(F)F)CC2)c1. The Kier molecular flexibility index (Phi) is 4.52. The number of halogens is 3. The molecule has 1 aromatic heterocycles. The Bertz CT molecular complexity index is 440. The van der Waals surface area contributed by atoms with Crippen LogP contribution in [0.3, 0.4) is 0 Å². The molecule has 0 aromatic carbocycles. The average molecular weight is 287 g/mol. The number of nitrogens with one attached hydrogen (secondary N) is 1. The lowest BCUT2D eigenvalue weighted by atomic mass is 9.96. The smallest absolute Gasteiger partial charge is 0.357 e. The van der Waals surface area contributed by atoms with Crippen molar-refractivity contribution in [3.63, 3.8) is 0 Å². The summed E-state index contributed by atoms with van der Waals surface area (Å²) in [5.74, 6) is -0.400. The summed E-state index contributed by atoms with van der Waals surface area (Å²) in [6, 6.07) is 4.08. The maximum atomic E-state index is 12.6. The molecule has 2 rings (SSSR count). The molecule has 2 heterocycles. The van der Waals surface area contributed by atoms with Gasteiger partial charge in [-0.1, -0.05) is 0 Å². The van der Waals surface area contributed by atoms with Crippen molar-refractivity contribution in [3.05, 3.63) is 23.9 Å². The van der Waals surface area contributed by atoms with Gasteiger partial charge in [0.15, 0.2) is 0 Å². The molecule has 112 valence electrons. The molecule has 1 fully saturated rings. The fourth-order valence-electron chi connectivity index (χ4n) is 2.48.